The molecule has 0 spiro atoms. The highest BCUT2D eigenvalue weighted by Crippen LogP contribution is 2.32. The van der Waals surface area contributed by atoms with Crippen molar-refractivity contribution in [1.29, 1.82) is 0 Å². The van der Waals surface area contributed by atoms with E-state index < -0.39 is 22.5 Å². The molecule has 3 rings (SSSR count). The minimum Gasteiger partial charge on any atom is -0.495 e. The number of halogens is 2. The summed E-state index contributed by atoms with van der Waals surface area (Å²) in [7, 11) is -2.34. The number of hydrogen-bond acceptors (Lipinski definition) is 5. The third-order valence-corrected chi connectivity index (χ3v) is 7.26. The van der Waals surface area contributed by atoms with Crippen molar-refractivity contribution in [3.63, 3.8) is 0 Å². The molecular weight excluding hydrogens is 511 g/mol. The highest BCUT2D eigenvalue weighted by Gasteiger charge is 2.24. The lowest BCUT2D eigenvalue weighted by Gasteiger charge is -2.23. The normalized spacial score (nSPS) is 11.6. The molecule has 11 heteroatoms. The van der Waals surface area contributed by atoms with Gasteiger partial charge in [0.2, 0.25) is 10.0 Å². The number of aromatic nitrogens is 1. The monoisotopic (exact) mass is 536 g/mol. The first kappa shape index (κ1) is 26.6. The van der Waals surface area contributed by atoms with Crippen LogP contribution in [0, 0.1) is 20.8 Å². The number of carbonyl (C=O) groups is 1. The van der Waals surface area contributed by atoms with E-state index in [1.165, 1.54) is 13.3 Å². The zero-order valence-corrected chi connectivity index (χ0v) is 22.3. The Morgan fingerprint density at radius 1 is 1.17 bits per heavy atom. The van der Waals surface area contributed by atoms with Crippen LogP contribution >= 0.6 is 23.2 Å². The minimum absolute atomic E-state index is 0.274. The predicted molar refractivity (Wildman–Crippen MR) is 141 cm³/mol. The first-order chi connectivity index (χ1) is 16.4. The van der Waals surface area contributed by atoms with Crippen LogP contribution < -0.4 is 14.5 Å². The van der Waals surface area contributed by atoms with Crippen LogP contribution in [0.25, 0.3) is 5.69 Å². The van der Waals surface area contributed by atoms with Gasteiger partial charge >= 0.3 is 0 Å². The van der Waals surface area contributed by atoms with Gasteiger partial charge in [0, 0.05) is 17.0 Å². The summed E-state index contributed by atoms with van der Waals surface area (Å²) in [6, 6.07) is 12.4. The topological polar surface area (TPSA) is 93.0 Å². The van der Waals surface area contributed by atoms with Gasteiger partial charge in [-0.25, -0.2) is 13.8 Å². The van der Waals surface area contributed by atoms with Gasteiger partial charge in [-0.2, -0.15) is 5.10 Å². The standard InChI is InChI=1S/C24H26Cl2N4O4S/c1-15-9-10-22(34-4)21(11-15)29(35(5,32)33)14-23(31)28-27-13-18-12-16(2)30(17(18)3)20-8-6-7-19(25)24(20)26/h6-13H,14H2,1-5H3,(H,28,31)/b27-13-. The number of benzene rings is 2. The number of carbonyl (C=O) groups excluding carboxylic acids is 1. The van der Waals surface area contributed by atoms with Crippen LogP contribution in [0.4, 0.5) is 5.69 Å². The molecule has 1 N–H and O–H groups in total. The molecule has 0 radical (unpaired) electrons. The Kier molecular flexibility index (Phi) is 8.15. The molecule has 0 fully saturated rings. The molecule has 186 valence electrons. The smallest absolute Gasteiger partial charge is 0.260 e. The van der Waals surface area contributed by atoms with Crippen molar-refractivity contribution in [2.24, 2.45) is 5.10 Å². The summed E-state index contributed by atoms with van der Waals surface area (Å²) in [5.41, 5.74) is 6.71. The van der Waals surface area contributed by atoms with E-state index in [4.69, 9.17) is 27.9 Å². The van der Waals surface area contributed by atoms with Gasteiger partial charge in [0.25, 0.3) is 5.91 Å². The van der Waals surface area contributed by atoms with E-state index in [0.29, 0.717) is 15.8 Å². The third kappa shape index (κ3) is 5.98. The maximum absolute atomic E-state index is 12.6. The zero-order valence-electron chi connectivity index (χ0n) is 20.0. The van der Waals surface area contributed by atoms with Gasteiger partial charge in [-0.3, -0.25) is 9.10 Å². The molecule has 0 aliphatic carbocycles. The highest BCUT2D eigenvalue weighted by molar-refractivity contribution is 7.92. The maximum Gasteiger partial charge on any atom is 0.260 e. The summed E-state index contributed by atoms with van der Waals surface area (Å²) in [4.78, 5) is 12.6. The molecule has 0 saturated heterocycles. The number of methoxy groups -OCH3 is 1. The average Bonchev–Trinajstić information content (AvgIpc) is 3.06. The molecule has 0 aliphatic rings. The lowest BCUT2D eigenvalue weighted by Crippen LogP contribution is -2.39. The van der Waals surface area contributed by atoms with Crippen LogP contribution in [0.3, 0.4) is 0 Å². The molecule has 3 aromatic rings. The van der Waals surface area contributed by atoms with Crippen molar-refractivity contribution in [2.45, 2.75) is 20.8 Å². The Morgan fingerprint density at radius 2 is 1.89 bits per heavy atom. The van der Waals surface area contributed by atoms with Gasteiger partial charge in [-0.15, -0.1) is 0 Å². The zero-order chi connectivity index (χ0) is 25.9. The van der Waals surface area contributed by atoms with Gasteiger partial charge in [0.1, 0.15) is 12.3 Å². The van der Waals surface area contributed by atoms with Crippen LogP contribution in [0.15, 0.2) is 47.6 Å². The molecule has 1 heterocycles. The summed E-state index contributed by atoms with van der Waals surface area (Å²) < 4.78 is 33.1. The highest BCUT2D eigenvalue weighted by atomic mass is 35.5. The van der Waals surface area contributed by atoms with Gasteiger partial charge < -0.3 is 9.30 Å². The molecule has 0 atom stereocenters. The second kappa shape index (κ2) is 10.7. The molecule has 1 aromatic heterocycles. The van der Waals surface area contributed by atoms with Gasteiger partial charge in [0.05, 0.1) is 41.0 Å². The second-order valence-corrected chi connectivity index (χ2v) is 10.7. The fraction of sp³-hybridized carbons (Fsp3) is 0.250. The number of ether oxygens (including phenoxy) is 1. The van der Waals surface area contributed by atoms with Crippen molar-refractivity contribution >= 4 is 51.0 Å². The SMILES string of the molecule is COc1ccc(C)cc1N(CC(=O)N/N=C\c1cc(C)n(-c2cccc(Cl)c2Cl)c1C)S(C)(=O)=O. The number of hydrogen-bond donors (Lipinski definition) is 1. The van der Waals surface area contributed by atoms with E-state index in [1.807, 2.05) is 43.5 Å². The van der Waals surface area contributed by atoms with E-state index in [0.717, 1.165) is 38.8 Å². The summed E-state index contributed by atoms with van der Waals surface area (Å²) in [5.74, 6) is -0.272. The Morgan fingerprint density at radius 3 is 2.54 bits per heavy atom. The molecule has 0 unspecified atom stereocenters. The largest absolute Gasteiger partial charge is 0.495 e. The maximum atomic E-state index is 12.6. The van der Waals surface area contributed by atoms with E-state index in [9.17, 15) is 13.2 Å². The number of anilines is 1. The average molecular weight is 537 g/mol. The molecule has 2 aromatic carbocycles. The molecule has 1 amide bonds. The van der Waals surface area contributed by atoms with Crippen LogP contribution in [0.2, 0.25) is 10.0 Å². The fourth-order valence-corrected chi connectivity index (χ4v) is 4.90. The minimum atomic E-state index is -3.77. The Bertz CT molecular complexity index is 1400. The number of nitrogens with zero attached hydrogens (tertiary/aromatic N) is 3. The summed E-state index contributed by atoms with van der Waals surface area (Å²) in [5, 5.41) is 4.90. The summed E-state index contributed by atoms with van der Waals surface area (Å²) >= 11 is 12.6. The lowest BCUT2D eigenvalue weighted by molar-refractivity contribution is -0.119. The number of nitrogens with one attached hydrogen (secondary N) is 1. The van der Waals surface area contributed by atoms with E-state index in [2.05, 4.69) is 10.5 Å². The van der Waals surface area contributed by atoms with Crippen LogP contribution in [-0.4, -0.2) is 45.0 Å². The summed E-state index contributed by atoms with van der Waals surface area (Å²) in [6.07, 6.45) is 2.52. The number of sulfonamides is 1. The van der Waals surface area contributed by atoms with Crippen molar-refractivity contribution in [1.82, 2.24) is 9.99 Å². The van der Waals surface area contributed by atoms with Crippen molar-refractivity contribution < 1.29 is 17.9 Å². The quantitative estimate of drug-likeness (QED) is 0.335. The molecule has 0 bridgehead atoms. The van der Waals surface area contributed by atoms with Crippen molar-refractivity contribution in [3.05, 3.63) is 75.0 Å². The van der Waals surface area contributed by atoms with Gasteiger partial charge in [-0.1, -0.05) is 35.3 Å². The summed E-state index contributed by atoms with van der Waals surface area (Å²) in [6.45, 7) is 5.16. The molecule has 0 aliphatic heterocycles. The third-order valence-electron chi connectivity index (χ3n) is 5.33. The number of aryl methyl sites for hydroxylation is 2. The van der Waals surface area contributed by atoms with E-state index in [-0.39, 0.29) is 5.69 Å². The Labute approximate surface area is 215 Å². The number of rotatable bonds is 8. The van der Waals surface area contributed by atoms with E-state index in [1.54, 1.807) is 24.3 Å². The van der Waals surface area contributed by atoms with Gasteiger partial charge in [0.15, 0.2) is 0 Å². The van der Waals surface area contributed by atoms with Crippen LogP contribution in [-0.2, 0) is 14.8 Å². The van der Waals surface area contributed by atoms with Crippen LogP contribution in [0.5, 0.6) is 5.75 Å². The Balaban J connectivity index is 1.81. The van der Waals surface area contributed by atoms with E-state index >= 15 is 0 Å². The second-order valence-electron chi connectivity index (χ2n) is 7.97. The molecule has 35 heavy (non-hydrogen) atoms. The Hall–Kier alpha value is -3.01. The molecule has 0 saturated carbocycles. The predicted octanol–water partition coefficient (Wildman–Crippen LogP) is 4.63. The number of amides is 1. The van der Waals surface area contributed by atoms with Crippen molar-refractivity contribution in [2.75, 3.05) is 24.2 Å². The van der Waals surface area contributed by atoms with Crippen molar-refractivity contribution in [3.8, 4) is 11.4 Å². The fourth-order valence-electron chi connectivity index (χ4n) is 3.67. The van der Waals surface area contributed by atoms with Crippen LogP contribution in [0.1, 0.15) is 22.5 Å². The number of hydrazone groups is 1. The first-order valence-electron chi connectivity index (χ1n) is 10.5. The lowest BCUT2D eigenvalue weighted by atomic mass is 10.2. The first-order valence-corrected chi connectivity index (χ1v) is 13.1. The molecule has 8 nitrogen and oxygen atoms in total. The molecular formula is C24H26Cl2N4O4S. The van der Waals surface area contributed by atoms with Gasteiger partial charge in [-0.05, 0) is 56.7 Å².